The Balaban J connectivity index is 1.31. The van der Waals surface area contributed by atoms with Crippen molar-refractivity contribution in [2.24, 2.45) is 29.1 Å². The highest BCUT2D eigenvalue weighted by Crippen LogP contribution is 2.56. The molecule has 7 heteroatoms. The minimum absolute atomic E-state index is 0.00825. The standard InChI is InChI=1S/C24H30N4O2S/c25-12-18-21(30)27-22(19(13-26)24(18)4-2-1-3-5-24)31-14-20(29)28-23-9-15-6-16(10-23)8-17(7-15)11-23/h15-18H,1-11,14H2,(H,27,30)(H,28,29)/t15?,16?,17?,18-,23?/m0/s1. The third-order valence-corrected chi connectivity index (χ3v) is 9.55. The van der Waals surface area contributed by atoms with Crippen molar-refractivity contribution in [3.8, 4) is 12.1 Å². The molecule has 0 aromatic heterocycles. The molecule has 31 heavy (non-hydrogen) atoms. The molecule has 164 valence electrons. The van der Waals surface area contributed by atoms with E-state index >= 15 is 0 Å². The van der Waals surface area contributed by atoms with E-state index in [1.54, 1.807) is 0 Å². The number of amides is 2. The SMILES string of the molecule is N#CC1=C(SCC(=O)NC23CC4CC(CC(C4)C2)C3)NC(=O)[C@H](C#N)C12CCCCC2. The van der Waals surface area contributed by atoms with E-state index in [0.717, 1.165) is 56.3 Å². The van der Waals surface area contributed by atoms with Gasteiger partial charge in [0, 0.05) is 11.0 Å². The Morgan fingerprint density at radius 1 is 1.06 bits per heavy atom. The second-order valence-corrected chi connectivity index (χ2v) is 11.6. The van der Waals surface area contributed by atoms with E-state index < -0.39 is 11.3 Å². The van der Waals surface area contributed by atoms with Gasteiger partial charge in [-0.15, -0.1) is 0 Å². The van der Waals surface area contributed by atoms with Crippen molar-refractivity contribution in [3.63, 3.8) is 0 Å². The Kier molecular flexibility index (Phi) is 5.29. The molecule has 0 aromatic carbocycles. The van der Waals surface area contributed by atoms with E-state index in [4.69, 9.17) is 0 Å². The summed E-state index contributed by atoms with van der Waals surface area (Å²) in [5, 5.41) is 26.3. The van der Waals surface area contributed by atoms with Crippen molar-refractivity contribution in [2.45, 2.75) is 76.2 Å². The molecule has 6 rings (SSSR count). The summed E-state index contributed by atoms with van der Waals surface area (Å²) in [7, 11) is 0. The fourth-order valence-corrected chi connectivity index (χ4v) is 8.69. The molecule has 0 aromatic rings. The van der Waals surface area contributed by atoms with Crippen LogP contribution in [0.25, 0.3) is 0 Å². The summed E-state index contributed by atoms with van der Waals surface area (Å²) < 4.78 is 0. The van der Waals surface area contributed by atoms with Crippen molar-refractivity contribution in [1.29, 1.82) is 10.5 Å². The zero-order valence-electron chi connectivity index (χ0n) is 17.9. The summed E-state index contributed by atoms with van der Waals surface area (Å²) in [4.78, 5) is 25.7. The van der Waals surface area contributed by atoms with E-state index in [9.17, 15) is 20.1 Å². The molecule has 2 N–H and O–H groups in total. The van der Waals surface area contributed by atoms with Crippen LogP contribution in [0.5, 0.6) is 0 Å². The van der Waals surface area contributed by atoms with Crippen LogP contribution >= 0.6 is 11.8 Å². The predicted octanol–water partition coefficient (Wildman–Crippen LogP) is 3.76. The van der Waals surface area contributed by atoms with Gasteiger partial charge in [-0.1, -0.05) is 31.0 Å². The topological polar surface area (TPSA) is 106 Å². The van der Waals surface area contributed by atoms with E-state index in [2.05, 4.69) is 22.8 Å². The molecule has 5 aliphatic carbocycles. The van der Waals surface area contributed by atoms with Gasteiger partial charge in [0.1, 0.15) is 5.92 Å². The van der Waals surface area contributed by atoms with Crippen molar-refractivity contribution in [1.82, 2.24) is 10.6 Å². The maximum atomic E-state index is 12.9. The predicted molar refractivity (Wildman–Crippen MR) is 117 cm³/mol. The number of hydrogen-bond acceptors (Lipinski definition) is 5. The Hall–Kier alpha value is -1.99. The van der Waals surface area contributed by atoms with Crippen molar-refractivity contribution >= 4 is 23.6 Å². The molecule has 5 saturated carbocycles. The van der Waals surface area contributed by atoms with Gasteiger partial charge in [-0.3, -0.25) is 9.59 Å². The van der Waals surface area contributed by atoms with Gasteiger partial charge >= 0.3 is 0 Å². The number of nitriles is 2. The second kappa shape index (κ2) is 7.85. The van der Waals surface area contributed by atoms with Crippen molar-refractivity contribution in [3.05, 3.63) is 10.6 Å². The Labute approximate surface area is 188 Å². The first-order valence-corrected chi connectivity index (χ1v) is 12.7. The van der Waals surface area contributed by atoms with Crippen LogP contribution in [0.1, 0.15) is 70.6 Å². The maximum absolute atomic E-state index is 12.9. The Bertz CT molecular complexity index is 870. The number of nitrogens with one attached hydrogen (secondary N) is 2. The largest absolute Gasteiger partial charge is 0.350 e. The molecule has 0 radical (unpaired) electrons. The molecule has 5 fully saturated rings. The average molecular weight is 439 g/mol. The number of thioether (sulfide) groups is 1. The van der Waals surface area contributed by atoms with Gasteiger partial charge in [-0.2, -0.15) is 10.5 Å². The van der Waals surface area contributed by atoms with E-state index in [-0.39, 0.29) is 23.1 Å². The van der Waals surface area contributed by atoms with Crippen LogP contribution in [-0.2, 0) is 9.59 Å². The summed E-state index contributed by atoms with van der Waals surface area (Å²) in [5.74, 6) is 1.32. The first kappa shape index (κ1) is 20.9. The lowest BCUT2D eigenvalue weighted by Crippen LogP contribution is -2.60. The normalized spacial score (nSPS) is 37.8. The average Bonchev–Trinajstić information content (AvgIpc) is 2.71. The zero-order chi connectivity index (χ0) is 21.6. The number of carbonyl (C=O) groups is 2. The van der Waals surface area contributed by atoms with Gasteiger partial charge < -0.3 is 10.6 Å². The fourth-order valence-electron chi connectivity index (χ4n) is 7.78. The monoisotopic (exact) mass is 438 g/mol. The number of carbonyl (C=O) groups excluding carboxylic acids is 2. The number of hydrogen-bond donors (Lipinski definition) is 2. The van der Waals surface area contributed by atoms with Crippen LogP contribution in [0, 0.1) is 51.7 Å². The third kappa shape index (κ3) is 3.55. The summed E-state index contributed by atoms with van der Waals surface area (Å²) in [5.41, 5.74) is -0.223. The summed E-state index contributed by atoms with van der Waals surface area (Å²) >= 11 is 1.25. The van der Waals surface area contributed by atoms with Crippen molar-refractivity contribution < 1.29 is 9.59 Å². The van der Waals surface area contributed by atoms with Crippen LogP contribution < -0.4 is 10.6 Å². The molecule has 1 heterocycles. The molecule has 6 aliphatic rings. The van der Waals surface area contributed by atoms with E-state index in [0.29, 0.717) is 23.4 Å². The second-order valence-electron chi connectivity index (χ2n) is 10.6. The summed E-state index contributed by atoms with van der Waals surface area (Å²) in [6.07, 6.45) is 11.6. The highest BCUT2D eigenvalue weighted by atomic mass is 32.2. The smallest absolute Gasteiger partial charge is 0.243 e. The number of rotatable bonds is 4. The van der Waals surface area contributed by atoms with E-state index in [1.807, 2.05) is 0 Å². The van der Waals surface area contributed by atoms with Crippen molar-refractivity contribution in [2.75, 3.05) is 5.75 Å². The molecule has 1 spiro atoms. The number of allylic oxidation sites excluding steroid dienone is 1. The number of nitrogens with zero attached hydrogens (tertiary/aromatic N) is 2. The first-order chi connectivity index (χ1) is 15.0. The Morgan fingerprint density at radius 3 is 2.23 bits per heavy atom. The summed E-state index contributed by atoms with van der Waals surface area (Å²) in [6, 6.07) is 4.47. The third-order valence-electron chi connectivity index (χ3n) is 8.55. The molecule has 0 unspecified atom stereocenters. The lowest BCUT2D eigenvalue weighted by molar-refractivity contribution is -0.127. The Morgan fingerprint density at radius 2 is 1.68 bits per heavy atom. The van der Waals surface area contributed by atoms with Crippen LogP contribution in [-0.4, -0.2) is 23.1 Å². The highest BCUT2D eigenvalue weighted by Gasteiger charge is 2.53. The molecule has 6 nitrogen and oxygen atoms in total. The molecular weight excluding hydrogens is 408 g/mol. The van der Waals surface area contributed by atoms with Crippen LogP contribution in [0.2, 0.25) is 0 Å². The zero-order valence-corrected chi connectivity index (χ0v) is 18.7. The molecule has 0 saturated heterocycles. The molecular formula is C24H30N4O2S. The summed E-state index contributed by atoms with van der Waals surface area (Å²) in [6.45, 7) is 0. The molecule has 2 amide bonds. The molecule has 4 bridgehead atoms. The highest BCUT2D eigenvalue weighted by molar-refractivity contribution is 8.03. The van der Waals surface area contributed by atoms with Gasteiger partial charge in [-0.25, -0.2) is 0 Å². The first-order valence-electron chi connectivity index (χ1n) is 11.8. The van der Waals surface area contributed by atoms with Gasteiger partial charge in [-0.05, 0) is 69.1 Å². The van der Waals surface area contributed by atoms with E-state index in [1.165, 1.54) is 31.0 Å². The molecule has 1 atom stereocenters. The lowest BCUT2D eigenvalue weighted by atomic mass is 9.53. The van der Waals surface area contributed by atoms with Gasteiger partial charge in [0.15, 0.2) is 0 Å². The fraction of sp³-hybridized carbons (Fsp3) is 0.750. The lowest BCUT2D eigenvalue weighted by Gasteiger charge is -2.56. The van der Waals surface area contributed by atoms with Crippen LogP contribution in [0.4, 0.5) is 0 Å². The maximum Gasteiger partial charge on any atom is 0.243 e. The minimum atomic E-state index is -0.826. The minimum Gasteiger partial charge on any atom is -0.350 e. The van der Waals surface area contributed by atoms with Crippen LogP contribution in [0.3, 0.4) is 0 Å². The van der Waals surface area contributed by atoms with Crippen LogP contribution in [0.15, 0.2) is 10.6 Å². The van der Waals surface area contributed by atoms with Gasteiger partial charge in [0.05, 0.1) is 28.5 Å². The molecule has 1 aliphatic heterocycles. The van der Waals surface area contributed by atoms with Gasteiger partial charge in [0.2, 0.25) is 11.8 Å². The quantitative estimate of drug-likeness (QED) is 0.695. The van der Waals surface area contributed by atoms with Gasteiger partial charge in [0.25, 0.3) is 0 Å².